The second-order valence-electron chi connectivity index (χ2n) is 5.64. The van der Waals surface area contributed by atoms with Gasteiger partial charge in [-0.2, -0.15) is 0 Å². The largest absolute Gasteiger partial charge is 0.480 e. The first-order valence-electron chi connectivity index (χ1n) is 7.69. The van der Waals surface area contributed by atoms with Crippen LogP contribution in [0.15, 0.2) is 18.5 Å². The molecule has 0 bridgehead atoms. The highest BCUT2D eigenvalue weighted by atomic mass is 32.1. The second kappa shape index (κ2) is 6.95. The molecule has 0 radical (unpaired) electrons. The Balaban J connectivity index is 1.66. The number of carbonyl (C=O) groups excluding carboxylic acids is 1. The first kappa shape index (κ1) is 15.7. The standard InChI is InChI=1S/C16H20N4O2S/c1-22-15-13(14(17)21)6-11(7-19-15)18-8-12-9-20-16(23-12)10-4-2-3-5-10/h6-7,9-10,18H,2-5,8H2,1H3,(H2,17,21). The van der Waals surface area contributed by atoms with E-state index >= 15 is 0 Å². The van der Waals surface area contributed by atoms with Crippen LogP contribution in [0.25, 0.3) is 0 Å². The first-order valence-corrected chi connectivity index (χ1v) is 8.51. The number of anilines is 1. The minimum Gasteiger partial charge on any atom is -0.480 e. The molecule has 2 heterocycles. The van der Waals surface area contributed by atoms with Crippen LogP contribution in [0.2, 0.25) is 0 Å². The lowest BCUT2D eigenvalue weighted by molar-refractivity contribution is 0.0996. The van der Waals surface area contributed by atoms with E-state index < -0.39 is 5.91 Å². The minimum atomic E-state index is -0.556. The zero-order valence-electron chi connectivity index (χ0n) is 13.0. The molecule has 0 atom stereocenters. The van der Waals surface area contributed by atoms with Crippen LogP contribution in [0, 0.1) is 0 Å². The van der Waals surface area contributed by atoms with Gasteiger partial charge in [0, 0.05) is 17.0 Å². The normalized spacial score (nSPS) is 14.8. The number of nitrogens with one attached hydrogen (secondary N) is 1. The number of methoxy groups -OCH3 is 1. The Morgan fingerprint density at radius 1 is 1.39 bits per heavy atom. The third-order valence-corrected chi connectivity index (χ3v) is 5.21. The number of pyridine rings is 1. The number of thiazole rings is 1. The molecule has 0 aromatic carbocycles. The van der Waals surface area contributed by atoms with Gasteiger partial charge in [0.15, 0.2) is 0 Å². The van der Waals surface area contributed by atoms with Gasteiger partial charge >= 0.3 is 0 Å². The van der Waals surface area contributed by atoms with E-state index in [4.69, 9.17) is 10.5 Å². The Bertz CT molecular complexity index is 695. The van der Waals surface area contributed by atoms with Crippen molar-refractivity contribution in [2.24, 2.45) is 5.73 Å². The molecule has 1 aliphatic rings. The molecule has 1 fully saturated rings. The number of aromatic nitrogens is 2. The van der Waals surface area contributed by atoms with Crippen LogP contribution in [0.1, 0.15) is 51.8 Å². The smallest absolute Gasteiger partial charge is 0.254 e. The average Bonchev–Trinajstić information content (AvgIpc) is 3.23. The highest BCUT2D eigenvalue weighted by molar-refractivity contribution is 7.11. The van der Waals surface area contributed by atoms with Crippen molar-refractivity contribution in [1.29, 1.82) is 0 Å². The Labute approximate surface area is 139 Å². The van der Waals surface area contributed by atoms with E-state index in [2.05, 4.69) is 15.3 Å². The van der Waals surface area contributed by atoms with Gasteiger partial charge in [-0.25, -0.2) is 9.97 Å². The molecule has 3 rings (SSSR count). The van der Waals surface area contributed by atoms with E-state index in [0.717, 1.165) is 5.69 Å². The average molecular weight is 332 g/mol. The predicted octanol–water partition coefficient (Wildman–Crippen LogP) is 2.92. The second-order valence-corrected chi connectivity index (χ2v) is 6.79. The van der Waals surface area contributed by atoms with Crippen LogP contribution in [0.5, 0.6) is 5.88 Å². The van der Waals surface area contributed by atoms with Crippen LogP contribution in [-0.4, -0.2) is 23.0 Å². The summed E-state index contributed by atoms with van der Waals surface area (Å²) in [6.45, 7) is 0.649. The molecule has 3 N–H and O–H groups in total. The summed E-state index contributed by atoms with van der Waals surface area (Å²) in [4.78, 5) is 21.2. The summed E-state index contributed by atoms with van der Waals surface area (Å²) in [6.07, 6.45) is 8.69. The molecule has 0 spiro atoms. The molecule has 0 aliphatic heterocycles. The van der Waals surface area contributed by atoms with Crippen molar-refractivity contribution >= 4 is 22.9 Å². The molecule has 6 nitrogen and oxygen atoms in total. The lowest BCUT2D eigenvalue weighted by atomic mass is 10.1. The van der Waals surface area contributed by atoms with Gasteiger partial charge in [0.2, 0.25) is 5.88 Å². The van der Waals surface area contributed by atoms with Crippen molar-refractivity contribution in [1.82, 2.24) is 9.97 Å². The lowest BCUT2D eigenvalue weighted by Gasteiger charge is -2.08. The molecule has 1 saturated carbocycles. The van der Waals surface area contributed by atoms with Crippen LogP contribution in [0.3, 0.4) is 0 Å². The number of amides is 1. The summed E-state index contributed by atoms with van der Waals surface area (Å²) in [5.41, 5.74) is 6.35. The highest BCUT2D eigenvalue weighted by Crippen LogP contribution is 2.36. The van der Waals surface area contributed by atoms with Crippen molar-refractivity contribution in [3.63, 3.8) is 0 Å². The van der Waals surface area contributed by atoms with Crippen LogP contribution < -0.4 is 15.8 Å². The Hall–Kier alpha value is -2.15. The summed E-state index contributed by atoms with van der Waals surface area (Å²) < 4.78 is 5.04. The number of nitrogens with two attached hydrogens (primary N) is 1. The number of hydrogen-bond donors (Lipinski definition) is 2. The number of primary amides is 1. The van der Waals surface area contributed by atoms with Gasteiger partial charge < -0.3 is 15.8 Å². The molecule has 1 amide bonds. The Morgan fingerprint density at radius 2 is 2.17 bits per heavy atom. The van der Waals surface area contributed by atoms with Gasteiger partial charge in [-0.1, -0.05) is 12.8 Å². The summed E-state index contributed by atoms with van der Waals surface area (Å²) in [6, 6.07) is 1.66. The highest BCUT2D eigenvalue weighted by Gasteiger charge is 2.20. The molecule has 0 unspecified atom stereocenters. The summed E-state index contributed by atoms with van der Waals surface area (Å²) in [7, 11) is 1.46. The SMILES string of the molecule is COc1ncc(NCc2cnc(C3CCCC3)s2)cc1C(N)=O. The third kappa shape index (κ3) is 3.61. The summed E-state index contributed by atoms with van der Waals surface area (Å²) >= 11 is 1.76. The van der Waals surface area contributed by atoms with Gasteiger partial charge in [-0.3, -0.25) is 4.79 Å². The van der Waals surface area contributed by atoms with E-state index in [9.17, 15) is 4.79 Å². The fourth-order valence-corrected chi connectivity index (χ4v) is 3.87. The van der Waals surface area contributed by atoms with Crippen molar-refractivity contribution in [2.75, 3.05) is 12.4 Å². The molecule has 23 heavy (non-hydrogen) atoms. The van der Waals surface area contributed by atoms with E-state index in [1.165, 1.54) is 42.7 Å². The summed E-state index contributed by atoms with van der Waals surface area (Å²) in [5, 5.41) is 4.50. The fourth-order valence-electron chi connectivity index (χ4n) is 2.84. The third-order valence-electron chi connectivity index (χ3n) is 4.05. The predicted molar refractivity (Wildman–Crippen MR) is 90.0 cm³/mol. The molecular formula is C16H20N4O2S. The van der Waals surface area contributed by atoms with E-state index in [-0.39, 0.29) is 11.4 Å². The summed E-state index contributed by atoms with van der Waals surface area (Å²) in [5.74, 6) is 0.321. The Kier molecular flexibility index (Phi) is 4.76. The maximum absolute atomic E-state index is 11.4. The quantitative estimate of drug-likeness (QED) is 0.849. The minimum absolute atomic E-state index is 0.240. The maximum Gasteiger partial charge on any atom is 0.254 e. The molecule has 122 valence electrons. The zero-order chi connectivity index (χ0) is 16.2. The van der Waals surface area contributed by atoms with Gasteiger partial charge in [0.1, 0.15) is 5.56 Å². The number of ether oxygens (including phenoxy) is 1. The topological polar surface area (TPSA) is 90.1 Å². The van der Waals surface area contributed by atoms with Crippen molar-refractivity contribution in [3.8, 4) is 5.88 Å². The van der Waals surface area contributed by atoms with Crippen molar-refractivity contribution in [2.45, 2.75) is 38.1 Å². The zero-order valence-corrected chi connectivity index (χ0v) is 13.9. The molecule has 2 aromatic rings. The van der Waals surface area contributed by atoms with Gasteiger partial charge in [-0.05, 0) is 18.9 Å². The van der Waals surface area contributed by atoms with E-state index in [1.807, 2.05) is 6.20 Å². The van der Waals surface area contributed by atoms with E-state index in [0.29, 0.717) is 12.5 Å². The van der Waals surface area contributed by atoms with Crippen LogP contribution >= 0.6 is 11.3 Å². The van der Waals surface area contributed by atoms with Gasteiger partial charge in [0.05, 0.1) is 30.5 Å². The maximum atomic E-state index is 11.4. The van der Waals surface area contributed by atoms with Crippen LogP contribution in [-0.2, 0) is 6.54 Å². The Morgan fingerprint density at radius 3 is 2.87 bits per heavy atom. The number of carbonyl (C=O) groups is 1. The van der Waals surface area contributed by atoms with Gasteiger partial charge in [-0.15, -0.1) is 11.3 Å². The lowest BCUT2D eigenvalue weighted by Crippen LogP contribution is -2.14. The first-order chi connectivity index (χ1) is 11.2. The van der Waals surface area contributed by atoms with E-state index in [1.54, 1.807) is 23.6 Å². The van der Waals surface area contributed by atoms with Crippen molar-refractivity contribution < 1.29 is 9.53 Å². The van der Waals surface area contributed by atoms with Crippen LogP contribution in [0.4, 0.5) is 5.69 Å². The fraction of sp³-hybridized carbons (Fsp3) is 0.438. The number of rotatable bonds is 6. The van der Waals surface area contributed by atoms with Crippen molar-refractivity contribution in [3.05, 3.63) is 33.9 Å². The molecule has 0 saturated heterocycles. The number of nitrogens with zero attached hydrogens (tertiary/aromatic N) is 2. The van der Waals surface area contributed by atoms with Gasteiger partial charge in [0.25, 0.3) is 5.91 Å². The molecular weight excluding hydrogens is 312 g/mol. The number of hydrogen-bond acceptors (Lipinski definition) is 6. The molecule has 2 aromatic heterocycles. The molecule has 1 aliphatic carbocycles. The monoisotopic (exact) mass is 332 g/mol. The molecule has 7 heteroatoms.